The lowest BCUT2D eigenvalue weighted by molar-refractivity contribution is -0.202. The molecule has 0 radical (unpaired) electrons. The van der Waals surface area contributed by atoms with E-state index in [1.54, 1.807) is 6.08 Å². The fraction of sp³-hybridized carbons (Fsp3) is 0.857. The van der Waals surface area contributed by atoms with Crippen molar-refractivity contribution in [3.8, 4) is 0 Å². The zero-order valence-corrected chi connectivity index (χ0v) is 12.0. The first-order valence-corrected chi connectivity index (χ1v) is 7.23. The number of fused-ring (bicyclic) bond motifs is 1. The standard InChI is InChI=1S/C14H25NO5/c1-3-5-18-12(7-17)14-13-10(8-19-14)9-20-15(13)11(4-2)6-16/h3,10-14,16-17H,1,4-9H2,2H3/t10-,11+,12+,13+,14-/m1/s1. The molecule has 116 valence electrons. The average Bonchev–Trinajstić information content (AvgIpc) is 3.05. The Bertz CT molecular complexity index is 310. The highest BCUT2D eigenvalue weighted by atomic mass is 16.7. The van der Waals surface area contributed by atoms with E-state index in [-0.39, 0.29) is 37.3 Å². The molecule has 0 spiro atoms. The van der Waals surface area contributed by atoms with E-state index in [1.165, 1.54) is 0 Å². The van der Waals surface area contributed by atoms with Crippen LogP contribution in [-0.2, 0) is 14.3 Å². The van der Waals surface area contributed by atoms with Crippen LogP contribution in [0.3, 0.4) is 0 Å². The van der Waals surface area contributed by atoms with Crippen molar-refractivity contribution in [1.29, 1.82) is 0 Å². The monoisotopic (exact) mass is 287 g/mol. The number of aliphatic hydroxyl groups is 2. The molecule has 2 aliphatic rings. The van der Waals surface area contributed by atoms with E-state index in [0.29, 0.717) is 19.8 Å². The van der Waals surface area contributed by atoms with Crippen molar-refractivity contribution in [1.82, 2.24) is 5.06 Å². The smallest absolute Gasteiger partial charge is 0.109 e. The second-order valence-electron chi connectivity index (χ2n) is 5.29. The highest BCUT2D eigenvalue weighted by Gasteiger charge is 2.51. The van der Waals surface area contributed by atoms with Gasteiger partial charge in [0.1, 0.15) is 12.2 Å². The summed E-state index contributed by atoms with van der Waals surface area (Å²) in [5.41, 5.74) is 0. The van der Waals surface area contributed by atoms with Crippen LogP contribution < -0.4 is 0 Å². The van der Waals surface area contributed by atoms with Gasteiger partial charge in [0.05, 0.1) is 45.1 Å². The number of aliphatic hydroxyl groups excluding tert-OH is 2. The van der Waals surface area contributed by atoms with Crippen molar-refractivity contribution in [2.75, 3.05) is 33.0 Å². The van der Waals surface area contributed by atoms with E-state index in [4.69, 9.17) is 14.3 Å². The summed E-state index contributed by atoms with van der Waals surface area (Å²) in [5.74, 6) is 0.266. The van der Waals surface area contributed by atoms with Gasteiger partial charge >= 0.3 is 0 Å². The molecule has 0 aliphatic carbocycles. The molecule has 2 saturated heterocycles. The number of rotatable bonds is 8. The molecule has 2 rings (SSSR count). The highest BCUT2D eigenvalue weighted by Crippen LogP contribution is 2.35. The summed E-state index contributed by atoms with van der Waals surface area (Å²) in [6.45, 7) is 7.14. The van der Waals surface area contributed by atoms with Crippen LogP contribution in [0.15, 0.2) is 12.7 Å². The Morgan fingerprint density at radius 2 is 2.20 bits per heavy atom. The predicted octanol–water partition coefficient (Wildman–Crippen LogP) is -0.0484. The van der Waals surface area contributed by atoms with Crippen molar-refractivity contribution in [3.63, 3.8) is 0 Å². The molecule has 2 N–H and O–H groups in total. The fourth-order valence-corrected chi connectivity index (χ4v) is 2.98. The maximum atomic E-state index is 9.52. The Morgan fingerprint density at radius 3 is 2.80 bits per heavy atom. The molecule has 0 aromatic rings. The third kappa shape index (κ3) is 3.05. The van der Waals surface area contributed by atoms with Crippen LogP contribution in [0.25, 0.3) is 0 Å². The van der Waals surface area contributed by atoms with Crippen molar-refractivity contribution in [2.24, 2.45) is 5.92 Å². The van der Waals surface area contributed by atoms with Gasteiger partial charge in [0.2, 0.25) is 0 Å². The first-order chi connectivity index (χ1) is 9.76. The number of hydrogen-bond donors (Lipinski definition) is 2. The zero-order valence-electron chi connectivity index (χ0n) is 12.0. The molecule has 0 aromatic heterocycles. The van der Waals surface area contributed by atoms with Crippen molar-refractivity contribution in [2.45, 2.75) is 37.6 Å². The maximum absolute atomic E-state index is 9.52. The molecule has 2 fully saturated rings. The van der Waals surface area contributed by atoms with E-state index >= 15 is 0 Å². The average molecular weight is 287 g/mol. The fourth-order valence-electron chi connectivity index (χ4n) is 2.98. The first kappa shape index (κ1) is 15.9. The van der Waals surface area contributed by atoms with E-state index in [0.717, 1.165) is 6.42 Å². The topological polar surface area (TPSA) is 71.4 Å². The molecule has 0 saturated carbocycles. The SMILES string of the molecule is C=CCO[C@@H](CO)[C@H]1OC[C@@H]2CON([C@@H](CC)CO)[C@@H]21. The lowest BCUT2D eigenvalue weighted by Gasteiger charge is -2.34. The van der Waals surface area contributed by atoms with Gasteiger partial charge < -0.3 is 19.7 Å². The molecule has 0 aromatic carbocycles. The van der Waals surface area contributed by atoms with Crippen LogP contribution in [0.1, 0.15) is 13.3 Å². The van der Waals surface area contributed by atoms with Gasteiger partial charge in [-0.3, -0.25) is 4.84 Å². The molecule has 20 heavy (non-hydrogen) atoms. The van der Waals surface area contributed by atoms with Crippen molar-refractivity contribution in [3.05, 3.63) is 12.7 Å². The molecule has 0 unspecified atom stereocenters. The van der Waals surface area contributed by atoms with Crippen molar-refractivity contribution < 1.29 is 24.5 Å². The van der Waals surface area contributed by atoms with Crippen LogP contribution >= 0.6 is 0 Å². The second kappa shape index (κ2) is 7.49. The summed E-state index contributed by atoms with van der Waals surface area (Å²) in [6.07, 6.45) is 1.81. The summed E-state index contributed by atoms with van der Waals surface area (Å²) < 4.78 is 11.4. The Balaban J connectivity index is 2.07. The van der Waals surface area contributed by atoms with Crippen LogP contribution in [0.4, 0.5) is 0 Å². The number of ether oxygens (including phenoxy) is 2. The van der Waals surface area contributed by atoms with Crippen LogP contribution in [0.5, 0.6) is 0 Å². The van der Waals surface area contributed by atoms with Gasteiger partial charge in [-0.25, -0.2) is 0 Å². The van der Waals surface area contributed by atoms with Gasteiger partial charge in [0.15, 0.2) is 0 Å². The van der Waals surface area contributed by atoms with E-state index in [9.17, 15) is 10.2 Å². The van der Waals surface area contributed by atoms with Gasteiger partial charge in [0, 0.05) is 5.92 Å². The molecule has 2 heterocycles. The largest absolute Gasteiger partial charge is 0.395 e. The van der Waals surface area contributed by atoms with Crippen LogP contribution in [0, 0.1) is 5.92 Å². The Hall–Kier alpha value is -0.500. The van der Waals surface area contributed by atoms with Gasteiger partial charge in [-0.05, 0) is 6.42 Å². The van der Waals surface area contributed by atoms with Gasteiger partial charge in [0.25, 0.3) is 0 Å². The maximum Gasteiger partial charge on any atom is 0.109 e. The summed E-state index contributed by atoms with van der Waals surface area (Å²) >= 11 is 0. The van der Waals surface area contributed by atoms with Gasteiger partial charge in [-0.15, -0.1) is 6.58 Å². The second-order valence-corrected chi connectivity index (χ2v) is 5.29. The lowest BCUT2D eigenvalue weighted by atomic mass is 9.96. The Kier molecular flexibility index (Phi) is 5.95. The van der Waals surface area contributed by atoms with Crippen LogP contribution in [-0.4, -0.2) is 72.6 Å². The molecule has 6 heteroatoms. The number of nitrogens with zero attached hydrogens (tertiary/aromatic N) is 1. The number of hydrogen-bond acceptors (Lipinski definition) is 6. The quantitative estimate of drug-likeness (QED) is 0.610. The summed E-state index contributed by atoms with van der Waals surface area (Å²) in [6, 6.07) is -0.0259. The molecular formula is C14H25NO5. The predicted molar refractivity (Wildman–Crippen MR) is 73.0 cm³/mol. The van der Waals surface area contributed by atoms with Gasteiger partial charge in [-0.2, -0.15) is 5.06 Å². The minimum absolute atomic E-state index is 0.0223. The third-order valence-electron chi connectivity index (χ3n) is 4.07. The molecule has 6 nitrogen and oxygen atoms in total. The molecular weight excluding hydrogens is 262 g/mol. The van der Waals surface area contributed by atoms with Gasteiger partial charge in [-0.1, -0.05) is 13.0 Å². The lowest BCUT2D eigenvalue weighted by Crippen LogP contribution is -2.51. The van der Waals surface area contributed by atoms with E-state index in [2.05, 4.69) is 6.58 Å². The highest BCUT2D eigenvalue weighted by molar-refractivity contribution is 4.97. The van der Waals surface area contributed by atoms with E-state index in [1.807, 2.05) is 12.0 Å². The number of hydroxylamine groups is 2. The summed E-state index contributed by atoms with van der Waals surface area (Å²) in [5, 5.41) is 20.8. The minimum Gasteiger partial charge on any atom is -0.395 e. The normalized spacial score (nSPS) is 33.0. The zero-order chi connectivity index (χ0) is 14.5. The van der Waals surface area contributed by atoms with E-state index < -0.39 is 6.10 Å². The molecule has 0 bridgehead atoms. The van der Waals surface area contributed by atoms with Crippen LogP contribution in [0.2, 0.25) is 0 Å². The Labute approximate surface area is 119 Å². The molecule has 0 amide bonds. The third-order valence-corrected chi connectivity index (χ3v) is 4.07. The van der Waals surface area contributed by atoms with Crippen molar-refractivity contribution >= 4 is 0 Å². The minimum atomic E-state index is -0.400. The molecule has 5 atom stereocenters. The molecule has 2 aliphatic heterocycles. The summed E-state index contributed by atoms with van der Waals surface area (Å²) in [7, 11) is 0. The Morgan fingerprint density at radius 1 is 1.40 bits per heavy atom. The summed E-state index contributed by atoms with van der Waals surface area (Å²) in [4.78, 5) is 5.73. The first-order valence-electron chi connectivity index (χ1n) is 7.23.